The second-order valence-corrected chi connectivity index (χ2v) is 5.70. The van der Waals surface area contributed by atoms with E-state index in [1.54, 1.807) is 13.2 Å². The van der Waals surface area contributed by atoms with Crippen molar-refractivity contribution in [2.45, 2.75) is 34.1 Å². The number of nitriles is 1. The number of aryl methyl sites for hydroxylation is 1. The number of carbonyl (C=O) groups is 1. The van der Waals surface area contributed by atoms with Gasteiger partial charge in [-0.15, -0.1) is 0 Å². The molecule has 1 atom stereocenters. The Balaban J connectivity index is 2.69. The summed E-state index contributed by atoms with van der Waals surface area (Å²) in [7, 11) is 1.72. The molecule has 18 heavy (non-hydrogen) atoms. The molecule has 0 spiro atoms. The lowest BCUT2D eigenvalue weighted by molar-refractivity contribution is -0.117. The lowest BCUT2D eigenvalue weighted by Gasteiger charge is -2.26. The third kappa shape index (κ3) is 3.59. The molecular formula is C13H20N4O. The van der Waals surface area contributed by atoms with Crippen LogP contribution in [0.2, 0.25) is 0 Å². The van der Waals surface area contributed by atoms with Crippen molar-refractivity contribution in [3.8, 4) is 6.07 Å². The molecule has 0 bridgehead atoms. The van der Waals surface area contributed by atoms with Gasteiger partial charge in [0.25, 0.3) is 0 Å². The van der Waals surface area contributed by atoms with E-state index in [1.165, 1.54) is 4.68 Å². The topological polar surface area (TPSA) is 70.7 Å². The van der Waals surface area contributed by atoms with E-state index in [4.69, 9.17) is 5.26 Å². The van der Waals surface area contributed by atoms with Crippen LogP contribution in [0, 0.1) is 22.7 Å². The monoisotopic (exact) mass is 248 g/mol. The summed E-state index contributed by atoms with van der Waals surface area (Å²) < 4.78 is 1.52. The van der Waals surface area contributed by atoms with Crippen molar-refractivity contribution in [3.05, 3.63) is 11.8 Å². The number of anilines is 1. The molecule has 0 aliphatic rings. The smallest absolute Gasteiger partial charge is 0.225 e. The summed E-state index contributed by atoms with van der Waals surface area (Å²) in [4.78, 5) is 11.9. The Morgan fingerprint density at radius 3 is 2.72 bits per heavy atom. The van der Waals surface area contributed by atoms with Crippen LogP contribution in [0.4, 0.5) is 5.82 Å². The minimum absolute atomic E-state index is 0.0829. The van der Waals surface area contributed by atoms with Crippen LogP contribution >= 0.6 is 0 Å². The molecule has 0 aliphatic heterocycles. The van der Waals surface area contributed by atoms with Crippen molar-refractivity contribution >= 4 is 11.7 Å². The van der Waals surface area contributed by atoms with Crippen LogP contribution in [0.1, 0.15) is 39.7 Å². The second kappa shape index (κ2) is 5.21. The van der Waals surface area contributed by atoms with E-state index in [2.05, 4.69) is 31.2 Å². The van der Waals surface area contributed by atoms with Crippen LogP contribution in [-0.2, 0) is 11.8 Å². The zero-order valence-corrected chi connectivity index (χ0v) is 11.6. The molecule has 0 radical (unpaired) electrons. The fourth-order valence-corrected chi connectivity index (χ4v) is 1.43. The Hall–Kier alpha value is -1.83. The van der Waals surface area contributed by atoms with Gasteiger partial charge in [0, 0.05) is 19.7 Å². The summed E-state index contributed by atoms with van der Waals surface area (Å²) in [6.07, 6.45) is 2.01. The number of nitrogens with zero attached hydrogens (tertiary/aromatic N) is 3. The first-order valence-corrected chi connectivity index (χ1v) is 5.97. The molecule has 1 unspecified atom stereocenters. The molecule has 0 aliphatic carbocycles. The minimum Gasteiger partial charge on any atom is -0.308 e. The van der Waals surface area contributed by atoms with E-state index in [0.29, 0.717) is 17.8 Å². The first-order valence-electron chi connectivity index (χ1n) is 5.97. The Bertz CT molecular complexity index is 476. The summed E-state index contributed by atoms with van der Waals surface area (Å²) in [5.74, 6) is 0.491. The molecule has 98 valence electrons. The van der Waals surface area contributed by atoms with Crippen LogP contribution in [-0.4, -0.2) is 15.7 Å². The van der Waals surface area contributed by atoms with Crippen molar-refractivity contribution in [2.75, 3.05) is 5.32 Å². The number of aromatic nitrogens is 2. The molecule has 0 aromatic carbocycles. The number of carbonyl (C=O) groups excluding carboxylic acids is 1. The molecular weight excluding hydrogens is 228 g/mol. The highest BCUT2D eigenvalue weighted by Crippen LogP contribution is 2.28. The van der Waals surface area contributed by atoms with E-state index in [9.17, 15) is 4.79 Å². The largest absolute Gasteiger partial charge is 0.308 e. The van der Waals surface area contributed by atoms with Crippen molar-refractivity contribution in [2.24, 2.45) is 18.4 Å². The fourth-order valence-electron chi connectivity index (χ4n) is 1.43. The van der Waals surface area contributed by atoms with Gasteiger partial charge < -0.3 is 5.32 Å². The molecule has 5 nitrogen and oxygen atoms in total. The summed E-state index contributed by atoms with van der Waals surface area (Å²) in [5, 5.41) is 15.6. The minimum atomic E-state index is -0.104. The van der Waals surface area contributed by atoms with E-state index in [-0.39, 0.29) is 17.2 Å². The van der Waals surface area contributed by atoms with Gasteiger partial charge in [0.2, 0.25) is 5.91 Å². The van der Waals surface area contributed by atoms with E-state index in [0.717, 1.165) is 0 Å². The fraction of sp³-hybridized carbons (Fsp3) is 0.615. The Labute approximate surface area is 108 Å². The zero-order chi connectivity index (χ0) is 13.9. The molecule has 1 N–H and O–H groups in total. The predicted molar refractivity (Wildman–Crippen MR) is 69.8 cm³/mol. The van der Waals surface area contributed by atoms with Gasteiger partial charge in [0.15, 0.2) is 5.82 Å². The first kappa shape index (κ1) is 14.2. The maximum absolute atomic E-state index is 11.9. The van der Waals surface area contributed by atoms with Crippen molar-refractivity contribution in [1.82, 2.24) is 9.78 Å². The van der Waals surface area contributed by atoms with Gasteiger partial charge in [-0.2, -0.15) is 10.4 Å². The van der Waals surface area contributed by atoms with Crippen molar-refractivity contribution < 1.29 is 4.79 Å². The van der Waals surface area contributed by atoms with Crippen LogP contribution in [0.5, 0.6) is 0 Å². The lowest BCUT2D eigenvalue weighted by atomic mass is 9.80. The first-order chi connectivity index (χ1) is 8.24. The van der Waals surface area contributed by atoms with Gasteiger partial charge in [-0.1, -0.05) is 27.7 Å². The summed E-state index contributed by atoms with van der Waals surface area (Å²) in [5.41, 5.74) is 0.466. The van der Waals surface area contributed by atoms with Crippen LogP contribution in [0.25, 0.3) is 0 Å². The van der Waals surface area contributed by atoms with Gasteiger partial charge in [0.1, 0.15) is 11.6 Å². The van der Waals surface area contributed by atoms with E-state index < -0.39 is 0 Å². The maximum atomic E-state index is 11.9. The van der Waals surface area contributed by atoms with Crippen LogP contribution in [0.3, 0.4) is 0 Å². The van der Waals surface area contributed by atoms with Crippen LogP contribution < -0.4 is 5.32 Å². The molecule has 1 amide bonds. The normalized spacial score (nSPS) is 12.9. The highest BCUT2D eigenvalue weighted by molar-refractivity contribution is 5.91. The van der Waals surface area contributed by atoms with Gasteiger partial charge in [-0.05, 0) is 11.3 Å². The number of amides is 1. The van der Waals surface area contributed by atoms with Gasteiger partial charge in [-0.25, -0.2) is 0 Å². The molecule has 1 aromatic heterocycles. The molecule has 1 aromatic rings. The average molecular weight is 248 g/mol. The van der Waals surface area contributed by atoms with Gasteiger partial charge in [0.05, 0.1) is 0 Å². The Morgan fingerprint density at radius 2 is 2.22 bits per heavy atom. The highest BCUT2D eigenvalue weighted by Gasteiger charge is 2.23. The predicted octanol–water partition coefficient (Wildman–Crippen LogP) is 2.30. The SMILES string of the molecule is CC(CC(=O)Nc1nn(C)cc1C#N)C(C)(C)C. The van der Waals surface area contributed by atoms with E-state index >= 15 is 0 Å². The molecule has 1 heterocycles. The number of rotatable bonds is 3. The average Bonchev–Trinajstić information content (AvgIpc) is 2.56. The molecule has 5 heteroatoms. The molecule has 0 saturated carbocycles. The van der Waals surface area contributed by atoms with Crippen molar-refractivity contribution in [3.63, 3.8) is 0 Å². The molecule has 1 rings (SSSR count). The number of nitrogens with one attached hydrogen (secondary N) is 1. The Morgan fingerprint density at radius 1 is 1.61 bits per heavy atom. The lowest BCUT2D eigenvalue weighted by Crippen LogP contribution is -2.24. The highest BCUT2D eigenvalue weighted by atomic mass is 16.1. The maximum Gasteiger partial charge on any atom is 0.225 e. The van der Waals surface area contributed by atoms with E-state index in [1.807, 2.05) is 13.0 Å². The second-order valence-electron chi connectivity index (χ2n) is 5.70. The third-order valence-corrected chi connectivity index (χ3v) is 3.18. The molecule has 0 saturated heterocycles. The van der Waals surface area contributed by atoms with Gasteiger partial charge in [-0.3, -0.25) is 9.48 Å². The quantitative estimate of drug-likeness (QED) is 0.892. The molecule has 0 fully saturated rings. The summed E-state index contributed by atoms with van der Waals surface area (Å²) in [6.45, 7) is 8.36. The summed E-state index contributed by atoms with van der Waals surface area (Å²) in [6, 6.07) is 2.01. The number of hydrogen-bond donors (Lipinski definition) is 1. The standard InChI is InChI=1S/C13H20N4O/c1-9(13(2,3)4)6-11(18)15-12-10(7-14)8-17(5)16-12/h8-9H,6H2,1-5H3,(H,15,16,18). The van der Waals surface area contributed by atoms with Crippen LogP contribution in [0.15, 0.2) is 6.20 Å². The number of hydrogen-bond acceptors (Lipinski definition) is 3. The van der Waals surface area contributed by atoms with Gasteiger partial charge >= 0.3 is 0 Å². The van der Waals surface area contributed by atoms with Crippen molar-refractivity contribution in [1.29, 1.82) is 5.26 Å². The zero-order valence-electron chi connectivity index (χ0n) is 11.6. The summed E-state index contributed by atoms with van der Waals surface area (Å²) >= 11 is 0. The Kier molecular flexibility index (Phi) is 4.12. The third-order valence-electron chi connectivity index (χ3n) is 3.18.